The monoisotopic (exact) mass is 496 g/mol. The lowest BCUT2D eigenvalue weighted by molar-refractivity contribution is -0.138. The number of fused-ring (bicyclic) bond motifs is 1. The van der Waals surface area contributed by atoms with Crippen molar-refractivity contribution >= 4 is 32.9 Å². The van der Waals surface area contributed by atoms with Crippen molar-refractivity contribution in [1.29, 1.82) is 0 Å². The molecule has 0 unspecified atom stereocenters. The van der Waals surface area contributed by atoms with E-state index in [4.69, 9.17) is 4.42 Å². The third-order valence-electron chi connectivity index (χ3n) is 5.32. The molecule has 2 heterocycles. The van der Waals surface area contributed by atoms with Gasteiger partial charge in [0.2, 0.25) is 10.0 Å². The molecule has 0 spiro atoms. The van der Waals surface area contributed by atoms with Crippen LogP contribution in [0.2, 0.25) is 0 Å². The summed E-state index contributed by atoms with van der Waals surface area (Å²) in [6.07, 6.45) is 4.49. The lowest BCUT2D eigenvalue weighted by atomic mass is 10.0. The number of aliphatic carboxylic acids is 1. The van der Waals surface area contributed by atoms with Crippen molar-refractivity contribution in [2.45, 2.75) is 30.2 Å². The number of H-pyrrole nitrogens is 1. The molecule has 2 aromatic carbocycles. The van der Waals surface area contributed by atoms with Gasteiger partial charge >= 0.3 is 5.97 Å². The van der Waals surface area contributed by atoms with Crippen LogP contribution >= 0.6 is 0 Å². The Bertz CT molecular complexity index is 1470. The van der Waals surface area contributed by atoms with Crippen molar-refractivity contribution in [2.75, 3.05) is 11.9 Å². The zero-order valence-corrected chi connectivity index (χ0v) is 19.4. The predicted molar refractivity (Wildman–Crippen MR) is 130 cm³/mol. The average Bonchev–Trinajstić information content (AvgIpc) is 3.36. The number of carboxylic acid groups (broad SMARTS) is 1. The number of nitrogens with one attached hydrogen (secondary N) is 3. The fourth-order valence-electron chi connectivity index (χ4n) is 3.60. The fourth-order valence-corrected chi connectivity index (χ4v) is 4.82. The van der Waals surface area contributed by atoms with Gasteiger partial charge in [-0.15, -0.1) is 0 Å². The van der Waals surface area contributed by atoms with Crippen LogP contribution in [-0.4, -0.2) is 42.0 Å². The number of hydrogen-bond acceptors (Lipinski definition) is 7. The van der Waals surface area contributed by atoms with Crippen LogP contribution in [0.15, 0.2) is 81.1 Å². The molecule has 0 aliphatic heterocycles. The number of imidazole rings is 1. The fraction of sp³-hybridized carbons (Fsp3) is 0.208. The number of rotatable bonds is 11. The third kappa shape index (κ3) is 6.14. The molecule has 0 amide bonds. The smallest absolute Gasteiger partial charge is 0.322 e. The maximum absolute atomic E-state index is 12.7. The zero-order chi connectivity index (χ0) is 24.8. The van der Waals surface area contributed by atoms with Gasteiger partial charge in [-0.05, 0) is 42.7 Å². The second kappa shape index (κ2) is 10.5. The molecule has 1 atom stereocenters. The highest BCUT2D eigenvalue weighted by atomic mass is 32.2. The Labute approximate surface area is 201 Å². The van der Waals surface area contributed by atoms with Crippen LogP contribution in [-0.2, 0) is 27.7 Å². The van der Waals surface area contributed by atoms with E-state index < -0.39 is 22.0 Å². The van der Waals surface area contributed by atoms with Crippen LogP contribution in [0.4, 0.5) is 5.95 Å². The molecule has 35 heavy (non-hydrogen) atoms. The zero-order valence-electron chi connectivity index (χ0n) is 18.6. The Morgan fingerprint density at radius 2 is 1.94 bits per heavy atom. The molecule has 2 aromatic heterocycles. The Morgan fingerprint density at radius 1 is 1.14 bits per heavy atom. The molecule has 0 aliphatic rings. The third-order valence-corrected chi connectivity index (χ3v) is 6.81. The topological polar surface area (TPSA) is 154 Å². The summed E-state index contributed by atoms with van der Waals surface area (Å²) < 4.78 is 33.2. The first-order valence-electron chi connectivity index (χ1n) is 10.9. The number of sulfonamides is 1. The summed E-state index contributed by atoms with van der Waals surface area (Å²) in [6, 6.07) is 12.3. The quantitative estimate of drug-likeness (QED) is 0.231. The summed E-state index contributed by atoms with van der Waals surface area (Å²) >= 11 is 0. The highest BCUT2D eigenvalue weighted by Crippen LogP contribution is 2.18. The number of carbonyl (C=O) groups is 1. The van der Waals surface area contributed by atoms with Crippen LogP contribution in [0.3, 0.4) is 0 Å². The average molecular weight is 497 g/mol. The molecule has 0 saturated carbocycles. The van der Waals surface area contributed by atoms with Crippen molar-refractivity contribution in [1.82, 2.24) is 14.7 Å². The molecular weight excluding hydrogens is 472 g/mol. The van der Waals surface area contributed by atoms with Crippen molar-refractivity contribution in [3.05, 3.63) is 88.5 Å². The lowest BCUT2D eigenvalue weighted by Gasteiger charge is -2.15. The second-order valence-electron chi connectivity index (χ2n) is 7.90. The van der Waals surface area contributed by atoms with E-state index in [-0.39, 0.29) is 16.7 Å². The molecule has 4 N–H and O–H groups in total. The van der Waals surface area contributed by atoms with Crippen molar-refractivity contribution < 1.29 is 22.7 Å². The Hall–Kier alpha value is -3.96. The van der Waals surface area contributed by atoms with Gasteiger partial charge in [-0.2, -0.15) is 4.72 Å². The van der Waals surface area contributed by atoms with Crippen molar-refractivity contribution in [3.8, 4) is 0 Å². The number of hydrogen-bond donors (Lipinski definition) is 4. The van der Waals surface area contributed by atoms with Crippen LogP contribution in [0, 0.1) is 0 Å². The van der Waals surface area contributed by atoms with Crippen molar-refractivity contribution in [2.24, 2.45) is 0 Å². The van der Waals surface area contributed by atoms with Gasteiger partial charge in [-0.1, -0.05) is 24.3 Å². The molecule has 11 heteroatoms. The Balaban J connectivity index is 1.46. The molecule has 0 aliphatic carbocycles. The minimum atomic E-state index is -4.03. The molecule has 0 bridgehead atoms. The van der Waals surface area contributed by atoms with E-state index in [1.807, 2.05) is 0 Å². The molecule has 0 saturated heterocycles. The Kier molecular flexibility index (Phi) is 7.28. The van der Waals surface area contributed by atoms with Crippen LogP contribution < -0.4 is 15.5 Å². The molecule has 182 valence electrons. The van der Waals surface area contributed by atoms with E-state index in [0.29, 0.717) is 41.2 Å². The van der Waals surface area contributed by atoms with Crippen LogP contribution in [0.5, 0.6) is 0 Å². The SMILES string of the molecule is O=C(O)[C@H](Cc1ccc2oc(CCCNc3ncc[nH]3)cc(=O)c2c1)NS(=O)(=O)c1ccccc1. The number of aryl methyl sites for hydroxylation is 1. The van der Waals surface area contributed by atoms with Crippen LogP contribution in [0.1, 0.15) is 17.7 Å². The number of nitrogens with zero attached hydrogens (tertiary/aromatic N) is 1. The molecule has 0 fully saturated rings. The number of aromatic amines is 1. The van der Waals surface area contributed by atoms with Gasteiger partial charge in [0.25, 0.3) is 0 Å². The highest BCUT2D eigenvalue weighted by Gasteiger charge is 2.25. The first kappa shape index (κ1) is 24.2. The molecule has 4 aromatic rings. The molecule has 0 radical (unpaired) electrons. The summed E-state index contributed by atoms with van der Waals surface area (Å²) in [7, 11) is -4.03. The highest BCUT2D eigenvalue weighted by molar-refractivity contribution is 7.89. The van der Waals surface area contributed by atoms with Gasteiger partial charge in [0, 0.05) is 31.4 Å². The first-order chi connectivity index (χ1) is 16.8. The molecule has 10 nitrogen and oxygen atoms in total. The largest absolute Gasteiger partial charge is 0.480 e. The summed E-state index contributed by atoms with van der Waals surface area (Å²) in [4.78, 5) is 31.4. The Morgan fingerprint density at radius 3 is 2.66 bits per heavy atom. The number of aromatic nitrogens is 2. The van der Waals surface area contributed by atoms with E-state index >= 15 is 0 Å². The van der Waals surface area contributed by atoms with E-state index in [0.717, 1.165) is 6.42 Å². The summed E-state index contributed by atoms with van der Waals surface area (Å²) in [6.45, 7) is 0.643. The van der Waals surface area contributed by atoms with Gasteiger partial charge in [-0.3, -0.25) is 9.59 Å². The summed E-state index contributed by atoms with van der Waals surface area (Å²) in [5, 5.41) is 13.0. The standard InChI is InChI=1S/C24H24N4O6S/c29-21-15-17(5-4-10-25-24-26-11-12-27-24)34-22-9-8-16(13-19(21)22)14-20(23(30)31)28-35(32,33)18-6-2-1-3-7-18/h1-3,6-9,11-13,15,20,28H,4-5,10,14H2,(H,30,31)(H2,25,26,27)/t20-/m0/s1. The minimum absolute atomic E-state index is 0.0303. The minimum Gasteiger partial charge on any atom is -0.480 e. The summed E-state index contributed by atoms with van der Waals surface area (Å²) in [5.74, 6) is -0.117. The first-order valence-corrected chi connectivity index (χ1v) is 12.4. The number of benzene rings is 2. The van der Waals surface area contributed by atoms with E-state index in [2.05, 4.69) is 20.0 Å². The predicted octanol–water partition coefficient (Wildman–Crippen LogP) is 2.54. The number of carboxylic acids is 1. The number of anilines is 1. The van der Waals surface area contributed by atoms with Gasteiger partial charge in [0.15, 0.2) is 11.4 Å². The van der Waals surface area contributed by atoms with E-state index in [1.54, 1.807) is 42.7 Å². The second-order valence-corrected chi connectivity index (χ2v) is 9.62. The lowest BCUT2D eigenvalue weighted by Crippen LogP contribution is -2.42. The molecule has 4 rings (SSSR count). The van der Waals surface area contributed by atoms with Crippen molar-refractivity contribution in [3.63, 3.8) is 0 Å². The summed E-state index contributed by atoms with van der Waals surface area (Å²) in [5.41, 5.74) is 0.620. The maximum atomic E-state index is 12.7. The van der Waals surface area contributed by atoms with Gasteiger partial charge in [-0.25, -0.2) is 13.4 Å². The van der Waals surface area contributed by atoms with Crippen LogP contribution in [0.25, 0.3) is 11.0 Å². The van der Waals surface area contributed by atoms with Gasteiger partial charge in [0.1, 0.15) is 17.4 Å². The normalized spacial score (nSPS) is 12.5. The van der Waals surface area contributed by atoms with Gasteiger partial charge < -0.3 is 19.8 Å². The molecular formula is C24H24N4O6S. The van der Waals surface area contributed by atoms with Gasteiger partial charge in [0.05, 0.1) is 10.3 Å². The maximum Gasteiger partial charge on any atom is 0.322 e. The van der Waals surface area contributed by atoms with E-state index in [1.165, 1.54) is 24.3 Å². The van der Waals surface area contributed by atoms with E-state index in [9.17, 15) is 23.1 Å².